The van der Waals surface area contributed by atoms with Gasteiger partial charge in [-0.15, -0.1) is 0 Å². The molecule has 8 aromatic carbocycles. The number of halogens is 3. The lowest BCUT2D eigenvalue weighted by Gasteiger charge is -2.22. The van der Waals surface area contributed by atoms with Gasteiger partial charge >= 0.3 is 6.18 Å². The molecule has 0 heterocycles. The second kappa shape index (κ2) is 11.1. The van der Waals surface area contributed by atoms with Gasteiger partial charge in [0.25, 0.3) is 0 Å². The summed E-state index contributed by atoms with van der Waals surface area (Å²) in [6.07, 6.45) is -4.38. The first kappa shape index (κ1) is 30.0. The van der Waals surface area contributed by atoms with Crippen molar-refractivity contribution in [2.45, 2.75) is 32.4 Å². The number of hydrogen-bond acceptors (Lipinski definition) is 0. The van der Waals surface area contributed by atoms with Gasteiger partial charge in [0, 0.05) is 0 Å². The van der Waals surface area contributed by atoms with E-state index in [1.165, 1.54) is 39.2 Å². The number of benzene rings is 8. The molecule has 0 N–H and O–H groups in total. The lowest BCUT2D eigenvalue weighted by atomic mass is 9.82. The fourth-order valence-corrected chi connectivity index (χ4v) is 7.21. The molecule has 0 aliphatic rings. The highest BCUT2D eigenvalue weighted by Crippen LogP contribution is 2.47. The first-order valence-corrected chi connectivity index (χ1v) is 16.3. The van der Waals surface area contributed by atoms with Crippen LogP contribution in [0.4, 0.5) is 13.2 Å². The predicted octanol–water partition coefficient (Wildman–Crippen LogP) is 13.6. The highest BCUT2D eigenvalue weighted by atomic mass is 19.4. The summed E-state index contributed by atoms with van der Waals surface area (Å²) in [5.41, 5.74) is 6.75. The Balaban J connectivity index is 1.48. The van der Waals surface area contributed by atoms with E-state index < -0.39 is 11.7 Å². The summed E-state index contributed by atoms with van der Waals surface area (Å²) in [4.78, 5) is 0. The molecule has 3 heteroatoms. The van der Waals surface area contributed by atoms with E-state index in [1.54, 1.807) is 12.1 Å². The molecule has 0 bridgehead atoms. The zero-order chi connectivity index (χ0) is 33.2. The Morgan fingerprint density at radius 2 is 0.875 bits per heavy atom. The Morgan fingerprint density at radius 1 is 0.375 bits per heavy atom. The van der Waals surface area contributed by atoms with Crippen LogP contribution in [0.3, 0.4) is 0 Å². The maximum absolute atomic E-state index is 13.4. The van der Waals surface area contributed by atoms with E-state index in [0.29, 0.717) is 0 Å². The lowest BCUT2D eigenvalue weighted by Crippen LogP contribution is -2.10. The average molecular weight is 631 g/mol. The molecule has 0 unspecified atom stereocenters. The van der Waals surface area contributed by atoms with Gasteiger partial charge in [0.2, 0.25) is 0 Å². The first-order chi connectivity index (χ1) is 23.1. The van der Waals surface area contributed by atoms with E-state index in [2.05, 4.69) is 136 Å². The van der Waals surface area contributed by atoms with Crippen molar-refractivity contribution in [2.75, 3.05) is 0 Å². The Bertz CT molecular complexity index is 2490. The molecule has 0 radical (unpaired) electrons. The van der Waals surface area contributed by atoms with Crippen LogP contribution in [-0.2, 0) is 11.6 Å². The SMILES string of the molecule is CC(C)(C)c1ccc(-c2c3ccccc3c(-c3cc4ccccc4c4ccccc34)c3ccc(-c4ccc(C(F)(F)F)cc4)cc23)cc1. The van der Waals surface area contributed by atoms with Crippen LogP contribution in [0.5, 0.6) is 0 Å². The van der Waals surface area contributed by atoms with Crippen molar-refractivity contribution in [3.05, 3.63) is 157 Å². The monoisotopic (exact) mass is 630 g/mol. The van der Waals surface area contributed by atoms with Crippen LogP contribution in [0.25, 0.3) is 76.5 Å². The quantitative estimate of drug-likeness (QED) is 0.135. The lowest BCUT2D eigenvalue weighted by molar-refractivity contribution is -0.137. The van der Waals surface area contributed by atoms with Crippen LogP contribution in [0.15, 0.2) is 146 Å². The van der Waals surface area contributed by atoms with Gasteiger partial charge in [-0.2, -0.15) is 13.2 Å². The third kappa shape index (κ3) is 5.02. The molecular formula is C45H33F3. The van der Waals surface area contributed by atoms with Crippen molar-refractivity contribution < 1.29 is 13.2 Å². The van der Waals surface area contributed by atoms with E-state index in [4.69, 9.17) is 0 Å². The summed E-state index contributed by atoms with van der Waals surface area (Å²) in [6, 6.07) is 48.7. The average Bonchev–Trinajstić information content (AvgIpc) is 3.09. The van der Waals surface area contributed by atoms with E-state index in [9.17, 15) is 13.2 Å². The second-order valence-corrected chi connectivity index (χ2v) is 13.6. The molecule has 0 aliphatic heterocycles. The molecule has 0 atom stereocenters. The van der Waals surface area contributed by atoms with Crippen molar-refractivity contribution >= 4 is 43.1 Å². The molecule has 8 aromatic rings. The number of fused-ring (bicyclic) bond motifs is 5. The molecule has 0 nitrogen and oxygen atoms in total. The minimum atomic E-state index is -4.38. The zero-order valence-corrected chi connectivity index (χ0v) is 27.0. The highest BCUT2D eigenvalue weighted by molar-refractivity contribution is 6.26. The summed E-state index contributed by atoms with van der Waals surface area (Å²) in [5, 5.41) is 9.20. The van der Waals surface area contributed by atoms with Crippen molar-refractivity contribution in [1.82, 2.24) is 0 Å². The maximum atomic E-state index is 13.4. The summed E-state index contributed by atoms with van der Waals surface area (Å²) in [7, 11) is 0. The molecule has 0 saturated heterocycles. The largest absolute Gasteiger partial charge is 0.416 e. The predicted molar refractivity (Wildman–Crippen MR) is 196 cm³/mol. The van der Waals surface area contributed by atoms with Gasteiger partial charge in [0.1, 0.15) is 0 Å². The summed E-state index contributed by atoms with van der Waals surface area (Å²) in [6.45, 7) is 6.64. The molecular weight excluding hydrogens is 597 g/mol. The van der Waals surface area contributed by atoms with E-state index in [-0.39, 0.29) is 5.41 Å². The van der Waals surface area contributed by atoms with Gasteiger partial charge < -0.3 is 0 Å². The highest BCUT2D eigenvalue weighted by Gasteiger charge is 2.30. The maximum Gasteiger partial charge on any atom is 0.416 e. The second-order valence-electron chi connectivity index (χ2n) is 13.6. The van der Waals surface area contributed by atoms with E-state index in [0.717, 1.165) is 54.9 Å². The molecule has 0 fully saturated rings. The third-order valence-corrected chi connectivity index (χ3v) is 9.65. The van der Waals surface area contributed by atoms with Gasteiger partial charge in [0.15, 0.2) is 0 Å². The summed E-state index contributed by atoms with van der Waals surface area (Å²) < 4.78 is 40.3. The van der Waals surface area contributed by atoms with Gasteiger partial charge in [-0.25, -0.2) is 0 Å². The fourth-order valence-electron chi connectivity index (χ4n) is 7.21. The van der Waals surface area contributed by atoms with Crippen molar-refractivity contribution in [1.29, 1.82) is 0 Å². The van der Waals surface area contributed by atoms with E-state index in [1.807, 2.05) is 6.07 Å². The Morgan fingerprint density at radius 3 is 1.52 bits per heavy atom. The van der Waals surface area contributed by atoms with Gasteiger partial charge in [0.05, 0.1) is 5.56 Å². The minimum Gasteiger partial charge on any atom is -0.166 e. The fraction of sp³-hybridized carbons (Fsp3) is 0.111. The van der Waals surface area contributed by atoms with Gasteiger partial charge in [-0.05, 0) is 112 Å². The van der Waals surface area contributed by atoms with Crippen LogP contribution >= 0.6 is 0 Å². The minimum absolute atomic E-state index is 0.0133. The molecule has 0 spiro atoms. The number of rotatable bonds is 3. The molecule has 234 valence electrons. The smallest absolute Gasteiger partial charge is 0.166 e. The number of hydrogen-bond donors (Lipinski definition) is 0. The van der Waals surface area contributed by atoms with Crippen LogP contribution < -0.4 is 0 Å². The molecule has 0 aromatic heterocycles. The Labute approximate surface area is 278 Å². The van der Waals surface area contributed by atoms with Crippen LogP contribution in [0.2, 0.25) is 0 Å². The molecule has 0 aliphatic carbocycles. The topological polar surface area (TPSA) is 0 Å². The molecule has 0 amide bonds. The number of alkyl halides is 3. The normalized spacial score (nSPS) is 12.4. The van der Waals surface area contributed by atoms with Crippen LogP contribution in [0.1, 0.15) is 31.9 Å². The third-order valence-electron chi connectivity index (χ3n) is 9.65. The van der Waals surface area contributed by atoms with Crippen LogP contribution in [0, 0.1) is 0 Å². The van der Waals surface area contributed by atoms with Gasteiger partial charge in [-0.3, -0.25) is 0 Å². The first-order valence-electron chi connectivity index (χ1n) is 16.3. The summed E-state index contributed by atoms with van der Waals surface area (Å²) in [5.74, 6) is 0. The molecule has 0 saturated carbocycles. The Hall–Kier alpha value is -5.41. The van der Waals surface area contributed by atoms with Crippen molar-refractivity contribution in [3.63, 3.8) is 0 Å². The Kier molecular flexibility index (Phi) is 6.92. The van der Waals surface area contributed by atoms with Crippen LogP contribution in [-0.4, -0.2) is 0 Å². The summed E-state index contributed by atoms with van der Waals surface area (Å²) >= 11 is 0. The van der Waals surface area contributed by atoms with Gasteiger partial charge in [-0.1, -0.05) is 142 Å². The zero-order valence-electron chi connectivity index (χ0n) is 27.0. The molecule has 8 rings (SSSR count). The molecule has 48 heavy (non-hydrogen) atoms. The van der Waals surface area contributed by atoms with Crippen molar-refractivity contribution in [3.8, 4) is 33.4 Å². The van der Waals surface area contributed by atoms with E-state index >= 15 is 0 Å². The standard InChI is InChI=1S/C45H33F3/c1-44(2,3)32-21-18-29(19-22-32)42-37-14-8-9-15-38(37)43(40-27-31-10-4-5-11-34(31)35-12-6-7-13-36(35)40)39-25-20-30(26-41(39)42)28-16-23-33(24-17-28)45(46,47)48/h4-27H,1-3H3. The van der Waals surface area contributed by atoms with Crippen molar-refractivity contribution in [2.24, 2.45) is 0 Å².